The van der Waals surface area contributed by atoms with Gasteiger partial charge in [-0.3, -0.25) is 28.5 Å². The van der Waals surface area contributed by atoms with Crippen LogP contribution in [0.2, 0.25) is 0 Å². The Morgan fingerprint density at radius 3 is 2.55 bits per heavy atom. The quantitative estimate of drug-likeness (QED) is 0.431. The number of pyridine rings is 1. The standard InChI is InChI=1S/C21H21N3O5/c1-13-5-4-9-23-17(25)11-14(22-19(13)23)12-29-18(26)8-10-24-20(27)15-6-2-3-7-16(15)21(24)28/h2-5,9,11,15-16H,6-8,10,12H2,1H3/t15-,16+. The van der Waals surface area contributed by atoms with Gasteiger partial charge in [0.15, 0.2) is 0 Å². The molecule has 0 bridgehead atoms. The van der Waals surface area contributed by atoms with Gasteiger partial charge in [0.05, 0.1) is 24.0 Å². The Bertz CT molecular complexity index is 1060. The Kier molecular flexibility index (Phi) is 5.00. The Morgan fingerprint density at radius 2 is 1.86 bits per heavy atom. The van der Waals surface area contributed by atoms with E-state index < -0.39 is 5.97 Å². The lowest BCUT2D eigenvalue weighted by Crippen LogP contribution is -2.33. The molecule has 4 rings (SSSR count). The molecule has 0 unspecified atom stereocenters. The molecule has 8 nitrogen and oxygen atoms in total. The number of carbonyl (C=O) groups excluding carboxylic acids is 3. The third-order valence-corrected chi connectivity index (χ3v) is 5.46. The number of fused-ring (bicyclic) bond motifs is 2. The van der Waals surface area contributed by atoms with Crippen molar-refractivity contribution in [3.63, 3.8) is 0 Å². The van der Waals surface area contributed by atoms with Gasteiger partial charge in [0.2, 0.25) is 11.8 Å². The summed E-state index contributed by atoms with van der Waals surface area (Å²) >= 11 is 0. The third-order valence-electron chi connectivity index (χ3n) is 5.46. The van der Waals surface area contributed by atoms with Crippen LogP contribution in [-0.4, -0.2) is 38.6 Å². The SMILES string of the molecule is Cc1cccn2c(=O)cc(COC(=O)CCN3C(=O)[C@H]4CC=CC[C@H]4C3=O)nc12. The van der Waals surface area contributed by atoms with Crippen LogP contribution in [0.1, 0.15) is 30.5 Å². The molecule has 0 radical (unpaired) electrons. The van der Waals surface area contributed by atoms with E-state index in [9.17, 15) is 19.2 Å². The van der Waals surface area contributed by atoms with Crippen molar-refractivity contribution in [3.8, 4) is 0 Å². The second kappa shape index (κ2) is 7.62. The van der Waals surface area contributed by atoms with Crippen LogP contribution in [0.3, 0.4) is 0 Å². The van der Waals surface area contributed by atoms with E-state index in [0.29, 0.717) is 24.2 Å². The van der Waals surface area contributed by atoms with Crippen LogP contribution >= 0.6 is 0 Å². The predicted molar refractivity (Wildman–Crippen MR) is 103 cm³/mol. The van der Waals surface area contributed by atoms with E-state index >= 15 is 0 Å². The van der Waals surface area contributed by atoms with E-state index in [0.717, 1.165) is 5.56 Å². The van der Waals surface area contributed by atoms with E-state index in [1.54, 1.807) is 12.3 Å². The minimum absolute atomic E-state index is 0.0103. The zero-order valence-corrected chi connectivity index (χ0v) is 16.0. The zero-order valence-electron chi connectivity index (χ0n) is 16.0. The number of aryl methyl sites for hydroxylation is 1. The first kappa shape index (κ1) is 19.0. The van der Waals surface area contributed by atoms with Crippen LogP contribution in [0.15, 0.2) is 41.3 Å². The minimum atomic E-state index is -0.551. The van der Waals surface area contributed by atoms with E-state index in [1.807, 2.05) is 25.1 Å². The molecule has 0 spiro atoms. The van der Waals surface area contributed by atoms with E-state index in [4.69, 9.17) is 4.74 Å². The molecule has 8 heteroatoms. The summed E-state index contributed by atoms with van der Waals surface area (Å²) in [6.07, 6.45) is 6.52. The number of hydrogen-bond acceptors (Lipinski definition) is 6. The summed E-state index contributed by atoms with van der Waals surface area (Å²) in [6, 6.07) is 4.93. The second-order valence-corrected chi connectivity index (χ2v) is 7.37. The molecule has 2 aromatic heterocycles. The highest BCUT2D eigenvalue weighted by Gasteiger charge is 2.46. The van der Waals surface area contributed by atoms with Crippen molar-refractivity contribution in [3.05, 3.63) is 58.2 Å². The van der Waals surface area contributed by atoms with Gasteiger partial charge in [-0.2, -0.15) is 0 Å². The van der Waals surface area contributed by atoms with E-state index in [1.165, 1.54) is 15.4 Å². The number of aromatic nitrogens is 2. The van der Waals surface area contributed by atoms with Crippen molar-refractivity contribution in [2.45, 2.75) is 32.8 Å². The molecule has 1 fully saturated rings. The zero-order chi connectivity index (χ0) is 20.5. The first-order chi connectivity index (χ1) is 14.0. The minimum Gasteiger partial charge on any atom is -0.459 e. The van der Waals surface area contributed by atoms with Gasteiger partial charge in [0, 0.05) is 18.8 Å². The van der Waals surface area contributed by atoms with Crippen LogP contribution in [0.25, 0.3) is 5.65 Å². The maximum absolute atomic E-state index is 12.4. The van der Waals surface area contributed by atoms with Gasteiger partial charge < -0.3 is 4.74 Å². The number of likely N-dealkylation sites (tertiary alicyclic amines) is 1. The Labute approximate surface area is 166 Å². The molecule has 3 heterocycles. The van der Waals surface area contributed by atoms with Crippen molar-refractivity contribution < 1.29 is 19.1 Å². The van der Waals surface area contributed by atoms with Crippen LogP contribution in [-0.2, 0) is 25.7 Å². The molecule has 2 atom stereocenters. The van der Waals surface area contributed by atoms with Crippen molar-refractivity contribution in [2.24, 2.45) is 11.8 Å². The lowest BCUT2D eigenvalue weighted by Gasteiger charge is -2.14. The van der Waals surface area contributed by atoms with Crippen LogP contribution in [0.4, 0.5) is 0 Å². The largest absolute Gasteiger partial charge is 0.459 e. The summed E-state index contributed by atoms with van der Waals surface area (Å²) in [7, 11) is 0. The number of ether oxygens (including phenoxy) is 1. The molecular formula is C21H21N3O5. The highest BCUT2D eigenvalue weighted by molar-refractivity contribution is 6.05. The van der Waals surface area contributed by atoms with Gasteiger partial charge in [-0.1, -0.05) is 18.2 Å². The van der Waals surface area contributed by atoms with Gasteiger partial charge in [-0.05, 0) is 31.4 Å². The number of carbonyl (C=O) groups is 3. The lowest BCUT2D eigenvalue weighted by atomic mass is 9.85. The fraction of sp³-hybridized carbons (Fsp3) is 0.381. The molecule has 150 valence electrons. The molecule has 2 aliphatic rings. The van der Waals surface area contributed by atoms with Gasteiger partial charge in [-0.15, -0.1) is 0 Å². The number of nitrogens with zero attached hydrogens (tertiary/aromatic N) is 3. The molecule has 0 aromatic carbocycles. The Balaban J connectivity index is 1.36. The van der Waals surface area contributed by atoms with E-state index in [2.05, 4.69) is 4.98 Å². The van der Waals surface area contributed by atoms with E-state index in [-0.39, 0.29) is 48.8 Å². The Morgan fingerprint density at radius 1 is 1.17 bits per heavy atom. The summed E-state index contributed by atoms with van der Waals surface area (Å²) in [5, 5.41) is 0. The molecule has 29 heavy (non-hydrogen) atoms. The molecule has 1 aliphatic heterocycles. The molecule has 0 N–H and O–H groups in total. The first-order valence-corrected chi connectivity index (χ1v) is 9.59. The van der Waals surface area contributed by atoms with Crippen LogP contribution < -0.4 is 5.56 Å². The van der Waals surface area contributed by atoms with Crippen molar-refractivity contribution in [1.29, 1.82) is 0 Å². The normalized spacial score (nSPS) is 20.9. The number of rotatable bonds is 5. The summed E-state index contributed by atoms with van der Waals surface area (Å²) in [5.74, 6) is -1.58. The number of esters is 1. The van der Waals surface area contributed by atoms with Gasteiger partial charge >= 0.3 is 5.97 Å². The second-order valence-electron chi connectivity index (χ2n) is 7.37. The van der Waals surface area contributed by atoms with Gasteiger partial charge in [0.25, 0.3) is 5.56 Å². The first-order valence-electron chi connectivity index (χ1n) is 9.59. The number of hydrogen-bond donors (Lipinski definition) is 0. The maximum atomic E-state index is 12.4. The summed E-state index contributed by atoms with van der Waals surface area (Å²) in [5.41, 5.74) is 1.44. The monoisotopic (exact) mass is 395 g/mol. The van der Waals surface area contributed by atoms with Crippen molar-refractivity contribution in [2.75, 3.05) is 6.54 Å². The number of imide groups is 1. The van der Waals surface area contributed by atoms with Crippen molar-refractivity contribution >= 4 is 23.4 Å². The fourth-order valence-corrected chi connectivity index (χ4v) is 3.90. The number of amides is 2. The maximum Gasteiger partial charge on any atom is 0.307 e. The molecule has 1 aliphatic carbocycles. The van der Waals surface area contributed by atoms with Crippen LogP contribution in [0, 0.1) is 18.8 Å². The molecule has 1 saturated heterocycles. The topological polar surface area (TPSA) is 98.0 Å². The fourth-order valence-electron chi connectivity index (χ4n) is 3.90. The highest BCUT2D eigenvalue weighted by atomic mass is 16.5. The molecular weight excluding hydrogens is 374 g/mol. The predicted octanol–water partition coefficient (Wildman–Crippen LogP) is 1.39. The lowest BCUT2D eigenvalue weighted by molar-refractivity contribution is -0.146. The summed E-state index contributed by atoms with van der Waals surface area (Å²) in [6.45, 7) is 1.71. The highest BCUT2D eigenvalue weighted by Crippen LogP contribution is 2.35. The van der Waals surface area contributed by atoms with Gasteiger partial charge in [-0.25, -0.2) is 4.98 Å². The molecule has 0 saturated carbocycles. The Hall–Kier alpha value is -3.29. The number of allylic oxidation sites excluding steroid dienone is 2. The summed E-state index contributed by atoms with van der Waals surface area (Å²) in [4.78, 5) is 54.7. The van der Waals surface area contributed by atoms with Crippen LogP contribution in [0.5, 0.6) is 0 Å². The third kappa shape index (κ3) is 3.57. The van der Waals surface area contributed by atoms with Gasteiger partial charge in [0.1, 0.15) is 12.3 Å². The average Bonchev–Trinajstić information content (AvgIpc) is 2.96. The molecule has 2 amide bonds. The smallest absolute Gasteiger partial charge is 0.307 e. The molecule has 2 aromatic rings. The summed E-state index contributed by atoms with van der Waals surface area (Å²) < 4.78 is 6.64. The van der Waals surface area contributed by atoms with Crippen molar-refractivity contribution in [1.82, 2.24) is 14.3 Å². The average molecular weight is 395 g/mol.